The predicted octanol–water partition coefficient (Wildman–Crippen LogP) is 4.14. The van der Waals surface area contributed by atoms with Crippen LogP contribution in [-0.2, 0) is 6.18 Å². The maximum atomic E-state index is 12.9. The fourth-order valence-electron chi connectivity index (χ4n) is 1.61. The van der Waals surface area contributed by atoms with Crippen LogP contribution in [0.25, 0.3) is 0 Å². The summed E-state index contributed by atoms with van der Waals surface area (Å²) in [5.74, 6) is 0.0721. The molecule has 1 aromatic heterocycles. The first-order valence-electron chi connectivity index (χ1n) is 4.97. The van der Waals surface area contributed by atoms with Gasteiger partial charge in [-0.1, -0.05) is 22.0 Å². The molecule has 18 heavy (non-hydrogen) atoms. The molecule has 0 radical (unpaired) electrons. The van der Waals surface area contributed by atoms with Crippen molar-refractivity contribution in [1.29, 1.82) is 0 Å². The second-order valence-electron chi connectivity index (χ2n) is 3.65. The lowest BCUT2D eigenvalue weighted by atomic mass is 10.0. The van der Waals surface area contributed by atoms with E-state index in [2.05, 4.69) is 15.9 Å². The molecule has 1 aromatic carbocycles. The number of furan rings is 1. The molecule has 1 heterocycles. The Morgan fingerprint density at radius 1 is 1.22 bits per heavy atom. The quantitative estimate of drug-likeness (QED) is 0.902. The highest BCUT2D eigenvalue weighted by molar-refractivity contribution is 9.10. The zero-order valence-corrected chi connectivity index (χ0v) is 10.5. The molecule has 0 saturated heterocycles. The summed E-state index contributed by atoms with van der Waals surface area (Å²) in [7, 11) is 0. The van der Waals surface area contributed by atoms with Gasteiger partial charge in [0.1, 0.15) is 11.9 Å². The van der Waals surface area contributed by atoms with Crippen molar-refractivity contribution in [3.8, 4) is 0 Å². The van der Waals surface area contributed by atoms with E-state index in [0.717, 1.165) is 6.07 Å². The van der Waals surface area contributed by atoms with E-state index in [9.17, 15) is 18.3 Å². The molecular weight excluding hydrogens is 313 g/mol. The van der Waals surface area contributed by atoms with Crippen LogP contribution in [0.4, 0.5) is 13.2 Å². The summed E-state index contributed by atoms with van der Waals surface area (Å²) in [6.45, 7) is 0. The molecule has 0 aliphatic heterocycles. The van der Waals surface area contributed by atoms with Crippen molar-refractivity contribution in [2.75, 3.05) is 0 Å². The van der Waals surface area contributed by atoms with Crippen LogP contribution in [0.5, 0.6) is 0 Å². The Labute approximate surface area is 109 Å². The lowest BCUT2D eigenvalue weighted by molar-refractivity contribution is -0.139. The van der Waals surface area contributed by atoms with Crippen molar-refractivity contribution in [2.24, 2.45) is 0 Å². The van der Waals surface area contributed by atoms with E-state index < -0.39 is 17.8 Å². The van der Waals surface area contributed by atoms with E-state index in [0.29, 0.717) is 4.47 Å². The molecule has 1 atom stereocenters. The van der Waals surface area contributed by atoms with Gasteiger partial charge in [0.05, 0.1) is 11.8 Å². The highest BCUT2D eigenvalue weighted by atomic mass is 79.9. The molecule has 0 spiro atoms. The van der Waals surface area contributed by atoms with Crippen molar-refractivity contribution >= 4 is 15.9 Å². The number of benzene rings is 1. The number of aliphatic hydroxyl groups is 1. The molecular formula is C12H8BrF3O2. The van der Waals surface area contributed by atoms with E-state index >= 15 is 0 Å². The van der Waals surface area contributed by atoms with Gasteiger partial charge >= 0.3 is 6.18 Å². The lowest BCUT2D eigenvalue weighted by Gasteiger charge is -2.16. The number of aliphatic hydroxyl groups excluding tert-OH is 1. The van der Waals surface area contributed by atoms with Gasteiger partial charge in [0, 0.05) is 10.0 Å². The van der Waals surface area contributed by atoms with Crippen molar-refractivity contribution in [2.45, 2.75) is 12.3 Å². The maximum absolute atomic E-state index is 12.9. The molecule has 0 amide bonds. The van der Waals surface area contributed by atoms with Crippen LogP contribution in [0.2, 0.25) is 0 Å². The number of halogens is 4. The van der Waals surface area contributed by atoms with Crippen molar-refractivity contribution < 1.29 is 22.7 Å². The highest BCUT2D eigenvalue weighted by Gasteiger charge is 2.35. The predicted molar refractivity (Wildman–Crippen MR) is 61.9 cm³/mol. The van der Waals surface area contributed by atoms with Crippen LogP contribution in [-0.4, -0.2) is 5.11 Å². The first-order valence-corrected chi connectivity index (χ1v) is 5.77. The summed E-state index contributed by atoms with van der Waals surface area (Å²) in [4.78, 5) is 0. The van der Waals surface area contributed by atoms with Gasteiger partial charge in [-0.15, -0.1) is 0 Å². The summed E-state index contributed by atoms with van der Waals surface area (Å²) >= 11 is 2.98. The standard InChI is InChI=1S/C12H8BrF3O2/c13-7-3-4-8(9(6-7)12(14,15)16)11(17)10-2-1-5-18-10/h1-6,11,17H. The molecule has 2 aromatic rings. The SMILES string of the molecule is OC(c1ccco1)c1ccc(Br)cc1C(F)(F)F. The van der Waals surface area contributed by atoms with Gasteiger partial charge in [-0.3, -0.25) is 0 Å². The molecule has 96 valence electrons. The van der Waals surface area contributed by atoms with E-state index in [1.54, 1.807) is 0 Å². The Bertz CT molecular complexity index is 535. The van der Waals surface area contributed by atoms with E-state index in [-0.39, 0.29) is 11.3 Å². The largest absolute Gasteiger partial charge is 0.466 e. The number of hydrogen-bond acceptors (Lipinski definition) is 2. The second-order valence-corrected chi connectivity index (χ2v) is 4.56. The van der Waals surface area contributed by atoms with Crippen LogP contribution >= 0.6 is 15.9 Å². The Morgan fingerprint density at radius 3 is 2.50 bits per heavy atom. The number of rotatable bonds is 2. The smallest absolute Gasteiger partial charge is 0.416 e. The van der Waals surface area contributed by atoms with Crippen LogP contribution in [0, 0.1) is 0 Å². The zero-order chi connectivity index (χ0) is 13.3. The van der Waals surface area contributed by atoms with Gasteiger partial charge < -0.3 is 9.52 Å². The topological polar surface area (TPSA) is 33.4 Å². The van der Waals surface area contributed by atoms with Crippen LogP contribution in [0.15, 0.2) is 45.5 Å². The fraction of sp³-hybridized carbons (Fsp3) is 0.167. The van der Waals surface area contributed by atoms with Crippen LogP contribution in [0.3, 0.4) is 0 Å². The summed E-state index contributed by atoms with van der Waals surface area (Å²) < 4.78 is 43.8. The van der Waals surface area contributed by atoms with E-state index in [1.165, 1.54) is 30.5 Å². The second kappa shape index (κ2) is 4.78. The number of alkyl halides is 3. The molecule has 0 aliphatic carbocycles. The van der Waals surface area contributed by atoms with Crippen LogP contribution in [0.1, 0.15) is 23.0 Å². The summed E-state index contributed by atoms with van der Waals surface area (Å²) in [5.41, 5.74) is -1.12. The van der Waals surface area contributed by atoms with Crippen molar-refractivity contribution in [3.63, 3.8) is 0 Å². The summed E-state index contributed by atoms with van der Waals surface area (Å²) in [6.07, 6.45) is -4.68. The van der Waals surface area contributed by atoms with Gasteiger partial charge in [-0.05, 0) is 24.3 Å². The molecule has 2 nitrogen and oxygen atoms in total. The molecule has 6 heteroatoms. The average Bonchev–Trinajstić information content (AvgIpc) is 2.80. The van der Waals surface area contributed by atoms with E-state index in [4.69, 9.17) is 4.42 Å². The first kappa shape index (κ1) is 13.2. The van der Waals surface area contributed by atoms with Gasteiger partial charge in [0.25, 0.3) is 0 Å². The Balaban J connectivity index is 2.51. The third-order valence-electron chi connectivity index (χ3n) is 2.43. The molecule has 0 fully saturated rings. The van der Waals surface area contributed by atoms with Crippen LogP contribution < -0.4 is 0 Å². The van der Waals surface area contributed by atoms with Gasteiger partial charge in [0.2, 0.25) is 0 Å². The minimum atomic E-state index is -4.54. The molecule has 1 unspecified atom stereocenters. The monoisotopic (exact) mass is 320 g/mol. The highest BCUT2D eigenvalue weighted by Crippen LogP contribution is 2.38. The van der Waals surface area contributed by atoms with Crippen molar-refractivity contribution in [1.82, 2.24) is 0 Å². The molecule has 0 aliphatic rings. The van der Waals surface area contributed by atoms with E-state index in [1.807, 2.05) is 0 Å². The summed E-state index contributed by atoms with van der Waals surface area (Å²) in [6, 6.07) is 6.52. The Morgan fingerprint density at radius 2 is 1.94 bits per heavy atom. The zero-order valence-electron chi connectivity index (χ0n) is 8.91. The van der Waals surface area contributed by atoms with Gasteiger partial charge in [-0.25, -0.2) is 0 Å². The minimum Gasteiger partial charge on any atom is -0.466 e. The van der Waals surface area contributed by atoms with Gasteiger partial charge in [0.15, 0.2) is 0 Å². The Hall–Kier alpha value is -1.27. The average molecular weight is 321 g/mol. The Kier molecular flexibility index (Phi) is 3.49. The third-order valence-corrected chi connectivity index (χ3v) is 2.92. The third kappa shape index (κ3) is 2.59. The van der Waals surface area contributed by atoms with Crippen molar-refractivity contribution in [3.05, 3.63) is 58.0 Å². The fourth-order valence-corrected chi connectivity index (χ4v) is 1.97. The molecule has 1 N–H and O–H groups in total. The van der Waals surface area contributed by atoms with Gasteiger partial charge in [-0.2, -0.15) is 13.2 Å². The lowest BCUT2D eigenvalue weighted by Crippen LogP contribution is -2.12. The first-order chi connectivity index (χ1) is 8.39. The molecule has 0 bridgehead atoms. The maximum Gasteiger partial charge on any atom is 0.416 e. The molecule has 0 saturated carbocycles. The number of hydrogen-bond donors (Lipinski definition) is 1. The summed E-state index contributed by atoms with van der Waals surface area (Å²) in [5, 5.41) is 9.91. The normalized spacial score (nSPS) is 13.6. The minimum absolute atomic E-state index is 0.0721. The molecule has 2 rings (SSSR count).